The Kier molecular flexibility index (Phi) is 8.75. The first-order chi connectivity index (χ1) is 16.6. The number of anilines is 1. The molecule has 196 valence electrons. The van der Waals surface area contributed by atoms with Crippen LogP contribution in [0.3, 0.4) is 0 Å². The fourth-order valence-electron chi connectivity index (χ4n) is 2.92. The number of nitrogens with zero attached hydrogens (tertiary/aromatic N) is 2. The number of halogens is 6. The lowest BCUT2D eigenvalue weighted by Gasteiger charge is -2.12. The summed E-state index contributed by atoms with van der Waals surface area (Å²) in [5.74, 6) is -4.55. The van der Waals surface area contributed by atoms with Crippen LogP contribution in [0.25, 0.3) is 22.2 Å². The summed E-state index contributed by atoms with van der Waals surface area (Å²) < 4.78 is 69.3. The van der Waals surface area contributed by atoms with Gasteiger partial charge in [-0.05, 0) is 43.4 Å². The Hall–Kier alpha value is -4.01. The molecule has 2 heterocycles. The Morgan fingerprint density at radius 1 is 1.03 bits per heavy atom. The minimum atomic E-state index is -5.08. The van der Waals surface area contributed by atoms with E-state index in [9.17, 15) is 26.3 Å². The standard InChI is InChI=1S/C17H18N4O.2C2HF3O2/c1-21-6-7-22-16-5-2-11(8-12(16)10-21)17-14-9-13(18)3-4-15(14)19-20-17;2*3-2(4,5)1(6)7/h2-5,8-9H,6-7,10,18H2,1H3,(H,19,20);2*(H,6,7). The molecule has 36 heavy (non-hydrogen) atoms. The molecule has 2 aromatic carbocycles. The number of aromatic nitrogens is 2. The zero-order valence-corrected chi connectivity index (χ0v) is 18.4. The second kappa shape index (κ2) is 11.2. The van der Waals surface area contributed by atoms with E-state index in [1.54, 1.807) is 0 Å². The first kappa shape index (κ1) is 28.2. The molecule has 0 fully saturated rings. The minimum Gasteiger partial charge on any atom is -0.492 e. The fraction of sp³-hybridized carbons (Fsp3) is 0.286. The van der Waals surface area contributed by atoms with Gasteiger partial charge in [0.25, 0.3) is 0 Å². The smallest absolute Gasteiger partial charge is 0.490 e. The van der Waals surface area contributed by atoms with E-state index >= 15 is 0 Å². The monoisotopic (exact) mass is 522 g/mol. The van der Waals surface area contributed by atoms with Crippen LogP contribution in [0.5, 0.6) is 5.75 Å². The number of nitrogen functional groups attached to an aromatic ring is 1. The highest BCUT2D eigenvalue weighted by Gasteiger charge is 2.38. The van der Waals surface area contributed by atoms with Gasteiger partial charge in [0.2, 0.25) is 0 Å². The number of likely N-dealkylation sites (N-methyl/N-ethyl adjacent to an activating group) is 1. The highest BCUT2D eigenvalue weighted by Crippen LogP contribution is 2.32. The molecule has 0 amide bonds. The van der Waals surface area contributed by atoms with Crippen LogP contribution in [0.2, 0.25) is 0 Å². The van der Waals surface area contributed by atoms with Gasteiger partial charge in [-0.15, -0.1) is 0 Å². The van der Waals surface area contributed by atoms with Crippen molar-refractivity contribution >= 4 is 28.5 Å². The summed E-state index contributed by atoms with van der Waals surface area (Å²) >= 11 is 0. The largest absolute Gasteiger partial charge is 0.492 e. The van der Waals surface area contributed by atoms with Crippen LogP contribution in [0.4, 0.5) is 32.0 Å². The molecule has 4 rings (SSSR count). The molecule has 1 aliphatic rings. The maximum atomic E-state index is 10.6. The number of hydrogen-bond donors (Lipinski definition) is 4. The van der Waals surface area contributed by atoms with Gasteiger partial charge in [0.1, 0.15) is 12.4 Å². The predicted octanol–water partition coefficient (Wildman–Crippen LogP) is 3.90. The van der Waals surface area contributed by atoms with E-state index in [-0.39, 0.29) is 0 Å². The number of hydrogen-bond acceptors (Lipinski definition) is 6. The number of ether oxygens (including phenoxy) is 1. The molecule has 1 aliphatic heterocycles. The lowest BCUT2D eigenvalue weighted by molar-refractivity contribution is -0.193. The van der Waals surface area contributed by atoms with Crippen molar-refractivity contribution in [2.24, 2.45) is 0 Å². The van der Waals surface area contributed by atoms with Gasteiger partial charge >= 0.3 is 24.3 Å². The van der Waals surface area contributed by atoms with Crippen LogP contribution in [0, 0.1) is 0 Å². The topological polar surface area (TPSA) is 142 Å². The second-order valence-corrected chi connectivity index (χ2v) is 7.39. The quantitative estimate of drug-likeness (QED) is 0.279. The Labute approximate surface area is 199 Å². The van der Waals surface area contributed by atoms with Crippen molar-refractivity contribution in [3.05, 3.63) is 42.0 Å². The van der Waals surface area contributed by atoms with Crippen molar-refractivity contribution < 1.29 is 50.9 Å². The van der Waals surface area contributed by atoms with E-state index < -0.39 is 24.3 Å². The van der Waals surface area contributed by atoms with Crippen molar-refractivity contribution in [3.63, 3.8) is 0 Å². The van der Waals surface area contributed by atoms with Crippen molar-refractivity contribution in [1.82, 2.24) is 15.1 Å². The summed E-state index contributed by atoms with van der Waals surface area (Å²) in [5, 5.41) is 22.8. The molecule has 0 spiro atoms. The van der Waals surface area contributed by atoms with Crippen LogP contribution < -0.4 is 10.5 Å². The second-order valence-electron chi connectivity index (χ2n) is 7.39. The van der Waals surface area contributed by atoms with E-state index in [1.807, 2.05) is 24.3 Å². The molecular weight excluding hydrogens is 502 g/mol. The SMILES string of the molecule is CN1CCOc2ccc(-c3n[nH]c4ccc(N)cc34)cc2C1.O=C(O)C(F)(F)F.O=C(O)C(F)(F)F. The van der Waals surface area contributed by atoms with Crippen LogP contribution in [-0.2, 0) is 16.1 Å². The Bertz CT molecular complexity index is 1200. The van der Waals surface area contributed by atoms with Crippen LogP contribution in [0.15, 0.2) is 36.4 Å². The molecule has 1 aromatic heterocycles. The number of aliphatic carboxylic acids is 2. The number of carbonyl (C=O) groups is 2. The summed E-state index contributed by atoms with van der Waals surface area (Å²) in [6, 6.07) is 12.1. The number of alkyl halides is 6. The molecule has 5 N–H and O–H groups in total. The number of aromatic amines is 1. The Morgan fingerprint density at radius 2 is 1.61 bits per heavy atom. The van der Waals surface area contributed by atoms with E-state index in [0.29, 0.717) is 0 Å². The summed E-state index contributed by atoms with van der Waals surface area (Å²) in [6.07, 6.45) is -10.2. The van der Waals surface area contributed by atoms with Gasteiger partial charge in [0.05, 0.1) is 11.2 Å². The number of H-pyrrole nitrogens is 1. The Balaban J connectivity index is 0.000000271. The molecule has 3 aromatic rings. The zero-order valence-electron chi connectivity index (χ0n) is 18.4. The maximum Gasteiger partial charge on any atom is 0.490 e. The molecule has 0 bridgehead atoms. The number of nitrogens with two attached hydrogens (primary N) is 1. The van der Waals surface area contributed by atoms with E-state index in [4.69, 9.17) is 30.3 Å². The molecule has 9 nitrogen and oxygen atoms in total. The first-order valence-corrected chi connectivity index (χ1v) is 9.88. The van der Waals surface area contributed by atoms with Crippen LogP contribution >= 0.6 is 0 Å². The highest BCUT2D eigenvalue weighted by molar-refractivity contribution is 5.94. The average Bonchev–Trinajstić information content (AvgIpc) is 3.07. The lowest BCUT2D eigenvalue weighted by atomic mass is 10.0. The first-order valence-electron chi connectivity index (χ1n) is 9.88. The molecule has 0 aliphatic carbocycles. The summed E-state index contributed by atoms with van der Waals surface area (Å²) in [4.78, 5) is 20.1. The lowest BCUT2D eigenvalue weighted by Crippen LogP contribution is -2.21. The van der Waals surface area contributed by atoms with Gasteiger partial charge in [-0.1, -0.05) is 0 Å². The van der Waals surface area contributed by atoms with Crippen molar-refractivity contribution in [3.8, 4) is 17.0 Å². The van der Waals surface area contributed by atoms with E-state index in [0.717, 1.165) is 53.3 Å². The summed E-state index contributed by atoms with van der Waals surface area (Å²) in [6.45, 7) is 2.55. The summed E-state index contributed by atoms with van der Waals surface area (Å²) in [7, 11) is 2.11. The van der Waals surface area contributed by atoms with Gasteiger partial charge in [-0.3, -0.25) is 10.00 Å². The van der Waals surface area contributed by atoms with Gasteiger partial charge in [-0.2, -0.15) is 31.4 Å². The number of benzene rings is 2. The third kappa shape index (κ3) is 7.76. The number of nitrogens with one attached hydrogen (secondary N) is 1. The van der Waals surface area contributed by atoms with Crippen LogP contribution in [0.1, 0.15) is 5.56 Å². The molecule has 0 unspecified atom stereocenters. The van der Waals surface area contributed by atoms with Gasteiger partial charge < -0.3 is 20.7 Å². The molecule has 0 atom stereocenters. The maximum absolute atomic E-state index is 10.6. The van der Waals surface area contributed by atoms with Gasteiger partial charge in [-0.25, -0.2) is 9.59 Å². The molecule has 0 saturated carbocycles. The van der Waals surface area contributed by atoms with Crippen molar-refractivity contribution in [2.45, 2.75) is 18.9 Å². The van der Waals surface area contributed by atoms with Crippen LogP contribution in [-0.4, -0.2) is 69.8 Å². The zero-order chi connectivity index (χ0) is 27.3. The van der Waals surface area contributed by atoms with Gasteiger partial charge in [0.15, 0.2) is 0 Å². The molecule has 15 heteroatoms. The minimum absolute atomic E-state index is 0.727. The fourth-order valence-corrected chi connectivity index (χ4v) is 2.92. The number of carboxylic acids is 2. The van der Waals surface area contributed by atoms with Crippen molar-refractivity contribution in [2.75, 3.05) is 25.9 Å². The Morgan fingerprint density at radius 3 is 2.17 bits per heavy atom. The number of rotatable bonds is 1. The number of fused-ring (bicyclic) bond motifs is 2. The summed E-state index contributed by atoms with van der Waals surface area (Å²) in [5.41, 5.74) is 10.8. The molecule has 0 radical (unpaired) electrons. The highest BCUT2D eigenvalue weighted by atomic mass is 19.4. The van der Waals surface area contributed by atoms with Crippen molar-refractivity contribution in [1.29, 1.82) is 0 Å². The average molecular weight is 522 g/mol. The molecule has 0 saturated heterocycles. The van der Waals surface area contributed by atoms with Gasteiger partial charge in [0, 0.05) is 35.3 Å². The third-order valence-electron chi connectivity index (χ3n) is 4.58. The van der Waals surface area contributed by atoms with E-state index in [1.165, 1.54) is 5.56 Å². The predicted molar refractivity (Wildman–Crippen MR) is 115 cm³/mol. The molecular formula is C21H20F6N4O5. The van der Waals surface area contributed by atoms with E-state index in [2.05, 4.69) is 34.3 Å². The normalized spacial score (nSPS) is 13.8. The number of carboxylic acid groups (broad SMARTS) is 2. The third-order valence-corrected chi connectivity index (χ3v) is 4.58.